The summed E-state index contributed by atoms with van der Waals surface area (Å²) in [7, 11) is 0. The zero-order valence-electron chi connectivity index (χ0n) is 19.5. The van der Waals surface area contributed by atoms with E-state index in [1.54, 1.807) is 0 Å². The minimum atomic E-state index is -0.887. The van der Waals surface area contributed by atoms with E-state index in [4.69, 9.17) is 4.74 Å². The standard InChI is InChI=1S/C27H32N2O5/c1-2-9-24(25(30)28-23-15-8-7-14-21(23)26(31)32)29-27(33)34-16-22-19-12-5-3-10-17(19)18-11-4-6-13-20(18)22/h3-6,10-13,21-24H,2,7-9,14-16H2,1H3,(H,28,30)(H,29,33)(H,31,32)/t21-,23+,24?/m1/s1. The number of hydrogen-bond acceptors (Lipinski definition) is 4. The van der Waals surface area contributed by atoms with Gasteiger partial charge in [0.1, 0.15) is 12.6 Å². The van der Waals surface area contributed by atoms with Crippen LogP contribution >= 0.6 is 0 Å². The number of nitrogens with one attached hydrogen (secondary N) is 2. The van der Waals surface area contributed by atoms with E-state index in [9.17, 15) is 19.5 Å². The second kappa shape index (κ2) is 10.7. The smallest absolute Gasteiger partial charge is 0.407 e. The molecule has 7 nitrogen and oxygen atoms in total. The quantitative estimate of drug-likeness (QED) is 0.535. The lowest BCUT2D eigenvalue weighted by Gasteiger charge is -2.30. The molecule has 0 heterocycles. The molecule has 1 unspecified atom stereocenters. The first-order valence-electron chi connectivity index (χ1n) is 12.1. The summed E-state index contributed by atoms with van der Waals surface area (Å²) in [5, 5.41) is 15.1. The van der Waals surface area contributed by atoms with Crippen molar-refractivity contribution in [1.29, 1.82) is 0 Å². The summed E-state index contributed by atoms with van der Waals surface area (Å²) in [6.07, 6.45) is 3.40. The highest BCUT2D eigenvalue weighted by Gasteiger charge is 2.34. The fraction of sp³-hybridized carbons (Fsp3) is 0.444. The molecule has 4 rings (SSSR count). The largest absolute Gasteiger partial charge is 0.481 e. The SMILES string of the molecule is CCCC(NC(=O)OCC1c2ccccc2-c2ccccc21)C(=O)N[C@H]1CCCC[C@H]1C(=O)O. The summed E-state index contributed by atoms with van der Waals surface area (Å²) in [4.78, 5) is 37.2. The second-order valence-corrected chi connectivity index (χ2v) is 9.16. The summed E-state index contributed by atoms with van der Waals surface area (Å²) >= 11 is 0. The normalized spacial score (nSPS) is 20.0. The maximum Gasteiger partial charge on any atom is 0.407 e. The third-order valence-corrected chi connectivity index (χ3v) is 6.94. The topological polar surface area (TPSA) is 105 Å². The molecular formula is C27H32N2O5. The molecule has 0 spiro atoms. The van der Waals surface area contributed by atoms with Gasteiger partial charge >= 0.3 is 12.1 Å². The Kier molecular flexibility index (Phi) is 7.50. The lowest BCUT2D eigenvalue weighted by atomic mass is 9.84. The third-order valence-electron chi connectivity index (χ3n) is 6.94. The van der Waals surface area contributed by atoms with Crippen molar-refractivity contribution in [3.63, 3.8) is 0 Å². The van der Waals surface area contributed by atoms with E-state index >= 15 is 0 Å². The Bertz CT molecular complexity index is 1010. The van der Waals surface area contributed by atoms with E-state index in [1.807, 2.05) is 31.2 Å². The molecule has 0 bridgehead atoms. The van der Waals surface area contributed by atoms with Gasteiger partial charge in [-0.05, 0) is 41.5 Å². The molecule has 1 fully saturated rings. The van der Waals surface area contributed by atoms with Gasteiger partial charge in [-0.1, -0.05) is 74.7 Å². The molecule has 0 aromatic heterocycles. The third kappa shape index (κ3) is 5.08. The van der Waals surface area contributed by atoms with E-state index < -0.39 is 30.1 Å². The summed E-state index contributed by atoms with van der Waals surface area (Å²) in [5.74, 6) is -1.89. The minimum Gasteiger partial charge on any atom is -0.481 e. The van der Waals surface area contributed by atoms with Crippen LogP contribution in [0.5, 0.6) is 0 Å². The fourth-order valence-corrected chi connectivity index (χ4v) is 5.22. The van der Waals surface area contributed by atoms with Gasteiger partial charge in [0.25, 0.3) is 0 Å². The van der Waals surface area contributed by atoms with Gasteiger partial charge in [0, 0.05) is 12.0 Å². The van der Waals surface area contributed by atoms with Gasteiger partial charge < -0.3 is 20.5 Å². The number of benzene rings is 2. The number of fused-ring (bicyclic) bond motifs is 3. The van der Waals surface area contributed by atoms with E-state index in [1.165, 1.54) is 0 Å². The lowest BCUT2D eigenvalue weighted by molar-refractivity contribution is -0.144. The maximum absolute atomic E-state index is 12.9. The van der Waals surface area contributed by atoms with Crippen LogP contribution in [0.15, 0.2) is 48.5 Å². The Morgan fingerprint density at radius 2 is 1.62 bits per heavy atom. The first-order valence-corrected chi connectivity index (χ1v) is 12.1. The van der Waals surface area contributed by atoms with E-state index in [2.05, 4.69) is 34.9 Å². The van der Waals surface area contributed by atoms with Crippen molar-refractivity contribution in [3.05, 3.63) is 59.7 Å². The molecule has 7 heteroatoms. The van der Waals surface area contributed by atoms with Crippen LogP contribution in [0, 0.1) is 5.92 Å². The molecule has 34 heavy (non-hydrogen) atoms. The number of carbonyl (C=O) groups excluding carboxylic acids is 2. The Labute approximate surface area is 199 Å². The Hall–Kier alpha value is -3.35. The number of aliphatic carboxylic acids is 1. The molecule has 2 amide bonds. The number of amides is 2. The summed E-state index contributed by atoms with van der Waals surface area (Å²) in [6.45, 7) is 2.10. The number of carbonyl (C=O) groups is 3. The fourth-order valence-electron chi connectivity index (χ4n) is 5.22. The van der Waals surface area contributed by atoms with Crippen LogP contribution in [0.3, 0.4) is 0 Å². The molecular weight excluding hydrogens is 432 g/mol. The average molecular weight is 465 g/mol. The molecule has 2 aromatic carbocycles. The monoisotopic (exact) mass is 464 g/mol. The van der Waals surface area contributed by atoms with Crippen LogP contribution in [-0.2, 0) is 14.3 Å². The average Bonchev–Trinajstić information content (AvgIpc) is 3.16. The number of carboxylic acid groups (broad SMARTS) is 1. The van der Waals surface area contributed by atoms with Crippen LogP contribution in [0.4, 0.5) is 4.79 Å². The van der Waals surface area contributed by atoms with Gasteiger partial charge in [0.2, 0.25) is 5.91 Å². The van der Waals surface area contributed by atoms with Gasteiger partial charge in [0.15, 0.2) is 0 Å². The van der Waals surface area contributed by atoms with Gasteiger partial charge in [-0.2, -0.15) is 0 Å². The molecule has 3 atom stereocenters. The number of alkyl carbamates (subject to hydrolysis) is 1. The van der Waals surface area contributed by atoms with Crippen molar-refractivity contribution < 1.29 is 24.2 Å². The van der Waals surface area contributed by atoms with Crippen LogP contribution < -0.4 is 10.6 Å². The maximum atomic E-state index is 12.9. The molecule has 180 valence electrons. The van der Waals surface area contributed by atoms with Crippen LogP contribution in [0.25, 0.3) is 11.1 Å². The molecule has 2 aromatic rings. The number of rotatable bonds is 8. The number of carboxylic acids is 1. The van der Waals surface area contributed by atoms with Crippen LogP contribution in [0.1, 0.15) is 62.5 Å². The van der Waals surface area contributed by atoms with Crippen molar-refractivity contribution in [1.82, 2.24) is 10.6 Å². The lowest BCUT2D eigenvalue weighted by Crippen LogP contribution is -2.53. The molecule has 0 saturated heterocycles. The van der Waals surface area contributed by atoms with Crippen molar-refractivity contribution in [2.24, 2.45) is 5.92 Å². The van der Waals surface area contributed by atoms with Gasteiger partial charge in [-0.3, -0.25) is 9.59 Å². The first-order chi connectivity index (χ1) is 16.5. The Balaban J connectivity index is 1.38. The van der Waals surface area contributed by atoms with E-state index in [0.717, 1.165) is 35.1 Å². The second-order valence-electron chi connectivity index (χ2n) is 9.16. The summed E-state index contributed by atoms with van der Waals surface area (Å²) < 4.78 is 5.59. The van der Waals surface area contributed by atoms with Crippen molar-refractivity contribution in [2.75, 3.05) is 6.61 Å². The summed E-state index contributed by atoms with van der Waals surface area (Å²) in [6, 6.07) is 15.0. The number of hydrogen-bond donors (Lipinski definition) is 3. The van der Waals surface area contributed by atoms with Gasteiger partial charge in [-0.15, -0.1) is 0 Å². The Morgan fingerprint density at radius 3 is 2.24 bits per heavy atom. The zero-order chi connectivity index (χ0) is 24.1. The van der Waals surface area contributed by atoms with E-state index in [0.29, 0.717) is 25.7 Å². The highest BCUT2D eigenvalue weighted by Crippen LogP contribution is 2.44. The molecule has 2 aliphatic carbocycles. The van der Waals surface area contributed by atoms with E-state index in [-0.39, 0.29) is 18.4 Å². The zero-order valence-corrected chi connectivity index (χ0v) is 19.5. The summed E-state index contributed by atoms with van der Waals surface area (Å²) in [5.41, 5.74) is 4.54. The predicted molar refractivity (Wildman–Crippen MR) is 128 cm³/mol. The van der Waals surface area contributed by atoms with Crippen molar-refractivity contribution in [3.8, 4) is 11.1 Å². The van der Waals surface area contributed by atoms with Crippen LogP contribution in [-0.4, -0.2) is 41.8 Å². The molecule has 3 N–H and O–H groups in total. The van der Waals surface area contributed by atoms with Crippen molar-refractivity contribution in [2.45, 2.75) is 63.5 Å². The molecule has 2 aliphatic rings. The Morgan fingerprint density at radius 1 is 1.00 bits per heavy atom. The molecule has 0 aliphatic heterocycles. The van der Waals surface area contributed by atoms with Crippen molar-refractivity contribution >= 4 is 18.0 Å². The predicted octanol–water partition coefficient (Wildman–Crippen LogP) is 4.45. The van der Waals surface area contributed by atoms with Gasteiger partial charge in [0.05, 0.1) is 5.92 Å². The van der Waals surface area contributed by atoms with Crippen LogP contribution in [0.2, 0.25) is 0 Å². The first kappa shape index (κ1) is 23.8. The minimum absolute atomic E-state index is 0.0600. The highest BCUT2D eigenvalue weighted by atomic mass is 16.5. The number of ether oxygens (including phenoxy) is 1. The molecule has 1 saturated carbocycles. The molecule has 0 radical (unpaired) electrons. The highest BCUT2D eigenvalue weighted by molar-refractivity contribution is 5.86. The van der Waals surface area contributed by atoms with Gasteiger partial charge in [-0.25, -0.2) is 4.79 Å².